The zero-order valence-corrected chi connectivity index (χ0v) is 33.2. The van der Waals surface area contributed by atoms with Gasteiger partial charge in [0.2, 0.25) is 5.91 Å². The quantitative estimate of drug-likeness (QED) is 0.314. The minimum atomic E-state index is -0.244. The van der Waals surface area contributed by atoms with Gasteiger partial charge in [-0.05, 0) is 147 Å². The van der Waals surface area contributed by atoms with Gasteiger partial charge in [-0.1, -0.05) is 71.9 Å². The van der Waals surface area contributed by atoms with Gasteiger partial charge in [-0.25, -0.2) is 4.98 Å². The van der Waals surface area contributed by atoms with E-state index in [0.29, 0.717) is 40.9 Å². The summed E-state index contributed by atoms with van der Waals surface area (Å²) in [5.74, 6) is 4.25. The van der Waals surface area contributed by atoms with Crippen LogP contribution >= 0.6 is 0 Å². The predicted molar refractivity (Wildman–Crippen MR) is 205 cm³/mol. The molecule has 1 aliphatic heterocycles. The highest BCUT2D eigenvalue weighted by Crippen LogP contribution is 2.79. The fourth-order valence-corrected chi connectivity index (χ4v) is 15.5. The Balaban J connectivity index is 1.04. The van der Waals surface area contributed by atoms with E-state index in [1.54, 1.807) is 6.92 Å². The van der Waals surface area contributed by atoms with Crippen molar-refractivity contribution in [1.29, 1.82) is 0 Å². The van der Waals surface area contributed by atoms with E-state index in [1.165, 1.54) is 51.4 Å². The number of benzene rings is 1. The molecule has 1 N–H and O–H groups in total. The molecule has 1 aromatic heterocycles. The fraction of sp³-hybridized carbons (Fsp3) is 0.761. The van der Waals surface area contributed by atoms with Gasteiger partial charge in [-0.2, -0.15) is 0 Å². The molecule has 6 saturated carbocycles. The molecule has 6 nitrogen and oxygen atoms in total. The molecule has 1 saturated heterocycles. The molecule has 7 aliphatic rings. The maximum atomic E-state index is 15.6. The minimum Gasteiger partial charge on any atom is -0.462 e. The van der Waals surface area contributed by atoms with Crippen LogP contribution in [-0.4, -0.2) is 39.4 Å². The monoisotopic (exact) mass is 708 g/mol. The first-order chi connectivity index (χ1) is 24.7. The van der Waals surface area contributed by atoms with Gasteiger partial charge in [0.05, 0.1) is 23.3 Å². The highest BCUT2D eigenvalue weighted by molar-refractivity contribution is 5.84. The van der Waals surface area contributed by atoms with Gasteiger partial charge < -0.3 is 14.6 Å². The number of H-pyrrole nitrogens is 1. The Morgan fingerprint density at radius 2 is 1.56 bits per heavy atom. The number of hydrogen-bond acceptors (Lipinski definition) is 4. The van der Waals surface area contributed by atoms with Crippen molar-refractivity contribution in [2.24, 2.45) is 62.1 Å². The maximum Gasteiger partial charge on any atom is 0.302 e. The molecule has 1 aromatic carbocycles. The van der Waals surface area contributed by atoms with Crippen LogP contribution in [0.4, 0.5) is 0 Å². The van der Waals surface area contributed by atoms with Gasteiger partial charge in [0, 0.05) is 18.9 Å². The Labute approximate surface area is 313 Å². The van der Waals surface area contributed by atoms with E-state index in [1.807, 2.05) is 6.20 Å². The fourth-order valence-electron chi connectivity index (χ4n) is 15.5. The van der Waals surface area contributed by atoms with Gasteiger partial charge in [0.1, 0.15) is 11.9 Å². The van der Waals surface area contributed by atoms with Crippen LogP contribution < -0.4 is 0 Å². The summed E-state index contributed by atoms with van der Waals surface area (Å²) in [5, 5.41) is 0. The van der Waals surface area contributed by atoms with Gasteiger partial charge >= 0.3 is 5.97 Å². The van der Waals surface area contributed by atoms with Crippen LogP contribution in [0.5, 0.6) is 0 Å². The van der Waals surface area contributed by atoms with Crippen molar-refractivity contribution in [2.75, 3.05) is 6.54 Å². The van der Waals surface area contributed by atoms with Crippen LogP contribution in [0.3, 0.4) is 0 Å². The van der Waals surface area contributed by atoms with Gasteiger partial charge in [0.25, 0.3) is 0 Å². The molecular formula is C46H65N3O3. The summed E-state index contributed by atoms with van der Waals surface area (Å²) in [5.41, 5.74) is 3.03. The number of ether oxygens (including phenoxy) is 1. The highest BCUT2D eigenvalue weighted by atomic mass is 16.5. The number of aromatic nitrogens is 2. The average Bonchev–Trinajstić information content (AvgIpc) is 3.50. The number of nitrogens with one attached hydrogen (secondary N) is 1. The Bertz CT molecular complexity index is 1730. The molecule has 0 unspecified atom stereocenters. The summed E-state index contributed by atoms with van der Waals surface area (Å²) in [7, 11) is 0. The van der Waals surface area contributed by atoms with Crippen molar-refractivity contribution in [3.63, 3.8) is 0 Å². The highest BCUT2D eigenvalue weighted by Gasteiger charge is 2.74. The lowest BCUT2D eigenvalue weighted by molar-refractivity contribution is -0.251. The van der Waals surface area contributed by atoms with Crippen LogP contribution in [0.15, 0.2) is 36.5 Å². The summed E-state index contributed by atoms with van der Waals surface area (Å²) < 4.78 is 6.02. The van der Waals surface area contributed by atoms with E-state index in [9.17, 15) is 4.79 Å². The first-order valence-corrected chi connectivity index (χ1v) is 21.3. The van der Waals surface area contributed by atoms with E-state index < -0.39 is 0 Å². The first-order valence-electron chi connectivity index (χ1n) is 21.3. The smallest absolute Gasteiger partial charge is 0.302 e. The molecule has 282 valence electrons. The van der Waals surface area contributed by atoms with E-state index >= 15 is 4.79 Å². The number of fused-ring (bicyclic) bond motifs is 7. The number of rotatable bonds is 5. The molecular weight excluding hydrogens is 643 g/mol. The summed E-state index contributed by atoms with van der Waals surface area (Å²) in [6.07, 6.45) is 18.4. The van der Waals surface area contributed by atoms with Crippen LogP contribution in [0.1, 0.15) is 150 Å². The van der Waals surface area contributed by atoms with E-state index in [4.69, 9.17) is 9.72 Å². The molecule has 2 heterocycles. The van der Waals surface area contributed by atoms with Crippen molar-refractivity contribution in [1.82, 2.24) is 14.9 Å². The molecule has 52 heavy (non-hydrogen) atoms. The Morgan fingerprint density at radius 3 is 2.29 bits per heavy atom. The van der Waals surface area contributed by atoms with Crippen molar-refractivity contribution in [3.8, 4) is 11.3 Å². The third kappa shape index (κ3) is 4.75. The standard InChI is InChI=1S/C46H65N3O3/c1-29(50)52-37-19-20-43(5)35(41(37,2)3)18-21-45(7)36(43)16-15-32-38-31(42(4)23-24-42)17-22-46(38,26-25-44(32,45)6)40(51)49-27-11-14-34(49)39-47-28-33(48-39)30-12-9-8-10-13-30/h8-10,12-13,28,31-32,34-38H,11,14-27H2,1-7H3,(H,47,48)/t31-,32-,34-,35+,36-,37+,38-,43+,44-,45-,46+/m1/s1. The van der Waals surface area contributed by atoms with Crippen molar-refractivity contribution in [2.45, 2.75) is 151 Å². The number of carbonyl (C=O) groups excluding carboxylic acids is 2. The SMILES string of the molecule is CC(=O)O[C@H]1CC[C@]2(C)[C@H]3CC[C@@H]4[C@H]5[C@H](C6(C)CC6)CC[C@]5(C(=O)N5CCC[C@@H]5c5ncc(-c6ccccc6)[nH]5)CC[C@@]4(C)[C@]3(C)CC[C@H]2C1(C)C. The van der Waals surface area contributed by atoms with Gasteiger partial charge in [-0.15, -0.1) is 0 Å². The molecule has 2 aromatic rings. The number of aromatic amines is 1. The number of esters is 1. The second-order valence-corrected chi connectivity index (χ2v) is 20.8. The first kappa shape index (κ1) is 35.1. The molecule has 6 aliphatic carbocycles. The molecule has 7 fully saturated rings. The van der Waals surface area contributed by atoms with Gasteiger partial charge in [-0.3, -0.25) is 9.59 Å². The number of likely N-dealkylation sites (tertiary alicyclic amines) is 1. The van der Waals surface area contributed by atoms with Crippen LogP contribution in [-0.2, 0) is 14.3 Å². The van der Waals surface area contributed by atoms with Crippen LogP contribution in [0.2, 0.25) is 0 Å². The summed E-state index contributed by atoms with van der Waals surface area (Å²) >= 11 is 0. The lowest BCUT2D eigenvalue weighted by Gasteiger charge is -2.73. The van der Waals surface area contributed by atoms with Crippen molar-refractivity contribution >= 4 is 11.9 Å². The van der Waals surface area contributed by atoms with Gasteiger partial charge in [0.15, 0.2) is 0 Å². The average molecular weight is 708 g/mol. The lowest BCUT2D eigenvalue weighted by Crippen LogP contribution is -2.67. The normalized spacial score (nSPS) is 44.2. The molecule has 0 bridgehead atoms. The number of hydrogen-bond donors (Lipinski definition) is 1. The lowest BCUT2D eigenvalue weighted by atomic mass is 9.32. The third-order valence-electron chi connectivity index (χ3n) is 18.6. The zero-order chi connectivity index (χ0) is 36.5. The number of amides is 1. The number of carbonyl (C=O) groups is 2. The molecule has 1 amide bonds. The minimum absolute atomic E-state index is 0.0136. The van der Waals surface area contributed by atoms with Crippen molar-refractivity contribution < 1.29 is 14.3 Å². The van der Waals surface area contributed by atoms with Crippen molar-refractivity contribution in [3.05, 3.63) is 42.4 Å². The summed E-state index contributed by atoms with van der Waals surface area (Å²) in [6.45, 7) is 17.9. The molecule has 0 radical (unpaired) electrons. The molecule has 0 spiro atoms. The molecule has 9 rings (SSSR count). The second kappa shape index (κ2) is 11.7. The molecule has 6 heteroatoms. The van der Waals surface area contributed by atoms with E-state index in [0.717, 1.165) is 62.2 Å². The van der Waals surface area contributed by atoms with Crippen LogP contribution in [0.25, 0.3) is 11.3 Å². The number of imidazole rings is 1. The topological polar surface area (TPSA) is 75.3 Å². The van der Waals surface area contributed by atoms with E-state index in [-0.39, 0.29) is 45.2 Å². The Morgan fingerprint density at radius 1 is 0.788 bits per heavy atom. The third-order valence-corrected chi connectivity index (χ3v) is 18.6. The predicted octanol–water partition coefficient (Wildman–Crippen LogP) is 10.6. The Hall–Kier alpha value is -2.63. The largest absolute Gasteiger partial charge is 0.462 e. The Kier molecular flexibility index (Phi) is 7.89. The second-order valence-electron chi connectivity index (χ2n) is 20.8. The molecule has 11 atom stereocenters. The summed E-state index contributed by atoms with van der Waals surface area (Å²) in [4.78, 5) is 38.6. The summed E-state index contributed by atoms with van der Waals surface area (Å²) in [6, 6.07) is 10.5. The zero-order valence-electron chi connectivity index (χ0n) is 33.2. The number of nitrogens with zero attached hydrogens (tertiary/aromatic N) is 2. The maximum absolute atomic E-state index is 15.6. The van der Waals surface area contributed by atoms with E-state index in [2.05, 4.69) is 81.8 Å². The van der Waals surface area contributed by atoms with Crippen LogP contribution in [0, 0.1) is 62.1 Å².